The third kappa shape index (κ3) is 3.41. The zero-order valence-electron chi connectivity index (χ0n) is 12.8. The number of nitrogens with one attached hydrogen (secondary N) is 1. The number of halogens is 1. The van der Waals surface area contributed by atoms with Gasteiger partial charge in [-0.05, 0) is 31.2 Å². The monoisotopic (exact) mass is 343 g/mol. The van der Waals surface area contributed by atoms with E-state index in [1.165, 1.54) is 0 Å². The van der Waals surface area contributed by atoms with Gasteiger partial charge in [0.1, 0.15) is 5.70 Å². The fraction of sp³-hybridized carbons (Fsp3) is 0.111. The Kier molecular flexibility index (Phi) is 4.53. The Morgan fingerprint density at radius 1 is 1.12 bits per heavy atom. The van der Waals surface area contributed by atoms with Crippen molar-refractivity contribution < 1.29 is 19.1 Å². The molecule has 1 heterocycles. The second-order valence-corrected chi connectivity index (χ2v) is 5.61. The lowest BCUT2D eigenvalue weighted by Crippen LogP contribution is -2.24. The molecular weight excluding hydrogens is 330 g/mol. The summed E-state index contributed by atoms with van der Waals surface area (Å²) in [7, 11) is 0. The number of cyclic esters (lactones) is 1. The Labute approximate surface area is 143 Å². The SMILES string of the molecule is Cc1ccc(C(=O)O[C@H]2OC(=O)C(Cl)=C2Nc2ccccc2)cc1. The van der Waals surface area contributed by atoms with Crippen LogP contribution in [-0.2, 0) is 14.3 Å². The van der Waals surface area contributed by atoms with Gasteiger partial charge in [-0.15, -0.1) is 0 Å². The third-order valence-corrected chi connectivity index (χ3v) is 3.78. The van der Waals surface area contributed by atoms with Crippen LogP contribution in [0.15, 0.2) is 65.3 Å². The first kappa shape index (κ1) is 16.1. The molecule has 6 heteroatoms. The van der Waals surface area contributed by atoms with Crippen LogP contribution < -0.4 is 5.32 Å². The smallest absolute Gasteiger partial charge is 0.355 e. The average Bonchev–Trinajstić information content (AvgIpc) is 2.84. The summed E-state index contributed by atoms with van der Waals surface area (Å²) < 4.78 is 10.3. The number of esters is 2. The topological polar surface area (TPSA) is 64.6 Å². The first-order chi connectivity index (χ1) is 11.5. The van der Waals surface area contributed by atoms with Crippen LogP contribution in [0.25, 0.3) is 0 Å². The molecule has 0 saturated heterocycles. The Balaban J connectivity index is 1.78. The number of benzene rings is 2. The molecule has 2 aromatic rings. The van der Waals surface area contributed by atoms with Crippen molar-refractivity contribution in [3.63, 3.8) is 0 Å². The summed E-state index contributed by atoms with van der Waals surface area (Å²) in [6.07, 6.45) is -1.21. The van der Waals surface area contributed by atoms with Crippen molar-refractivity contribution in [3.05, 3.63) is 76.5 Å². The molecule has 0 unspecified atom stereocenters. The Bertz CT molecular complexity index is 800. The predicted octanol–water partition coefficient (Wildman–Crippen LogP) is 3.60. The molecule has 24 heavy (non-hydrogen) atoms. The number of carbonyl (C=O) groups is 2. The zero-order chi connectivity index (χ0) is 17.1. The Hall–Kier alpha value is -2.79. The lowest BCUT2D eigenvalue weighted by Gasteiger charge is -2.16. The fourth-order valence-corrected chi connectivity index (χ4v) is 2.33. The number of hydrogen-bond acceptors (Lipinski definition) is 5. The van der Waals surface area contributed by atoms with E-state index in [2.05, 4.69) is 5.32 Å². The summed E-state index contributed by atoms with van der Waals surface area (Å²) in [5, 5.41) is 2.82. The van der Waals surface area contributed by atoms with Gasteiger partial charge in [0.15, 0.2) is 5.03 Å². The largest absolute Gasteiger partial charge is 0.415 e. The van der Waals surface area contributed by atoms with Crippen molar-refractivity contribution in [2.45, 2.75) is 13.2 Å². The van der Waals surface area contributed by atoms with Gasteiger partial charge in [-0.3, -0.25) is 0 Å². The number of aryl methyl sites for hydroxylation is 1. The van der Waals surface area contributed by atoms with Crippen molar-refractivity contribution in [1.29, 1.82) is 0 Å². The number of carbonyl (C=O) groups excluding carboxylic acids is 2. The van der Waals surface area contributed by atoms with E-state index in [9.17, 15) is 9.59 Å². The highest BCUT2D eigenvalue weighted by Crippen LogP contribution is 2.28. The standard InChI is InChI=1S/C18H14ClNO4/c1-11-7-9-12(10-8-11)16(21)23-18-15(14(19)17(22)24-18)20-13-5-3-2-4-6-13/h2-10,18,20H,1H3/t18-/m0/s1. The minimum absolute atomic E-state index is 0.138. The highest BCUT2D eigenvalue weighted by molar-refractivity contribution is 6.42. The van der Waals surface area contributed by atoms with Crippen molar-refractivity contribution in [2.75, 3.05) is 5.32 Å². The molecule has 5 nitrogen and oxygen atoms in total. The van der Waals surface area contributed by atoms with E-state index >= 15 is 0 Å². The summed E-state index contributed by atoms with van der Waals surface area (Å²) in [5.41, 5.74) is 2.28. The molecule has 0 fully saturated rings. The zero-order valence-corrected chi connectivity index (χ0v) is 13.5. The lowest BCUT2D eigenvalue weighted by atomic mass is 10.1. The maximum absolute atomic E-state index is 12.2. The molecular formula is C18H14ClNO4. The highest BCUT2D eigenvalue weighted by atomic mass is 35.5. The second-order valence-electron chi connectivity index (χ2n) is 5.23. The second kappa shape index (κ2) is 6.76. The molecule has 1 aliphatic rings. The van der Waals surface area contributed by atoms with Crippen LogP contribution in [-0.4, -0.2) is 18.2 Å². The maximum atomic E-state index is 12.2. The van der Waals surface area contributed by atoms with Crippen LogP contribution in [0.2, 0.25) is 0 Å². The Morgan fingerprint density at radius 2 is 1.79 bits per heavy atom. The van der Waals surface area contributed by atoms with Crippen LogP contribution in [0, 0.1) is 6.92 Å². The minimum atomic E-state index is -1.21. The molecule has 0 aliphatic carbocycles. The molecule has 0 radical (unpaired) electrons. The van der Waals surface area contributed by atoms with Gasteiger partial charge in [0, 0.05) is 5.69 Å². The van der Waals surface area contributed by atoms with E-state index in [4.69, 9.17) is 21.1 Å². The van der Waals surface area contributed by atoms with E-state index in [0.29, 0.717) is 11.3 Å². The summed E-state index contributed by atoms with van der Waals surface area (Å²) >= 11 is 5.97. The summed E-state index contributed by atoms with van der Waals surface area (Å²) in [6.45, 7) is 1.91. The van der Waals surface area contributed by atoms with E-state index in [0.717, 1.165) is 5.56 Å². The van der Waals surface area contributed by atoms with Crippen molar-refractivity contribution in [2.24, 2.45) is 0 Å². The van der Waals surface area contributed by atoms with Crippen LogP contribution in [0.1, 0.15) is 15.9 Å². The molecule has 2 aromatic carbocycles. The molecule has 1 aliphatic heterocycles. The number of para-hydroxylation sites is 1. The number of anilines is 1. The van der Waals surface area contributed by atoms with E-state index in [1.54, 1.807) is 36.4 Å². The van der Waals surface area contributed by atoms with Crippen molar-refractivity contribution in [3.8, 4) is 0 Å². The Morgan fingerprint density at radius 3 is 2.46 bits per heavy atom. The molecule has 0 bridgehead atoms. The van der Waals surface area contributed by atoms with Gasteiger partial charge in [0.2, 0.25) is 0 Å². The van der Waals surface area contributed by atoms with Gasteiger partial charge in [0.05, 0.1) is 5.56 Å². The normalized spacial score (nSPS) is 16.8. The van der Waals surface area contributed by atoms with Crippen LogP contribution in [0.4, 0.5) is 5.69 Å². The molecule has 0 aromatic heterocycles. The van der Waals surface area contributed by atoms with E-state index in [-0.39, 0.29) is 10.7 Å². The number of rotatable bonds is 4. The third-order valence-electron chi connectivity index (χ3n) is 3.42. The van der Waals surface area contributed by atoms with Gasteiger partial charge in [0.25, 0.3) is 6.29 Å². The summed E-state index contributed by atoms with van der Waals surface area (Å²) in [5.74, 6) is -1.34. The molecule has 1 atom stereocenters. The summed E-state index contributed by atoms with van der Waals surface area (Å²) in [4.78, 5) is 23.9. The highest BCUT2D eigenvalue weighted by Gasteiger charge is 2.36. The van der Waals surface area contributed by atoms with Crippen molar-refractivity contribution >= 4 is 29.2 Å². The molecule has 0 amide bonds. The molecule has 3 rings (SSSR count). The fourth-order valence-electron chi connectivity index (χ4n) is 2.15. The van der Waals surface area contributed by atoms with Crippen LogP contribution in [0.5, 0.6) is 0 Å². The number of hydrogen-bond donors (Lipinski definition) is 1. The average molecular weight is 344 g/mol. The quantitative estimate of drug-likeness (QED) is 0.859. The molecule has 0 saturated carbocycles. The van der Waals surface area contributed by atoms with Gasteiger partial charge < -0.3 is 14.8 Å². The van der Waals surface area contributed by atoms with Gasteiger partial charge in [-0.1, -0.05) is 47.5 Å². The first-order valence-electron chi connectivity index (χ1n) is 7.25. The molecule has 0 spiro atoms. The van der Waals surface area contributed by atoms with E-state index < -0.39 is 18.2 Å². The molecule has 1 N–H and O–H groups in total. The van der Waals surface area contributed by atoms with Gasteiger partial charge in [-0.25, -0.2) is 9.59 Å². The molecule has 122 valence electrons. The van der Waals surface area contributed by atoms with Crippen molar-refractivity contribution in [1.82, 2.24) is 0 Å². The first-order valence-corrected chi connectivity index (χ1v) is 7.63. The van der Waals surface area contributed by atoms with Gasteiger partial charge in [-0.2, -0.15) is 0 Å². The van der Waals surface area contributed by atoms with Crippen LogP contribution >= 0.6 is 11.6 Å². The maximum Gasteiger partial charge on any atom is 0.355 e. The lowest BCUT2D eigenvalue weighted by molar-refractivity contribution is -0.152. The minimum Gasteiger partial charge on any atom is -0.415 e. The number of ether oxygens (including phenoxy) is 2. The van der Waals surface area contributed by atoms with Crippen LogP contribution in [0.3, 0.4) is 0 Å². The predicted molar refractivity (Wildman–Crippen MR) is 89.4 cm³/mol. The van der Waals surface area contributed by atoms with Gasteiger partial charge >= 0.3 is 11.9 Å². The summed E-state index contributed by atoms with van der Waals surface area (Å²) in [6, 6.07) is 16.0. The van der Waals surface area contributed by atoms with E-state index in [1.807, 2.05) is 25.1 Å².